The molecule has 210 valence electrons. The highest BCUT2D eigenvalue weighted by atomic mass is 32.2. The first-order valence-corrected chi connectivity index (χ1v) is 14.3. The number of anilines is 1. The summed E-state index contributed by atoms with van der Waals surface area (Å²) in [7, 11) is -2.31. The number of ether oxygens (including phenoxy) is 1. The van der Waals surface area contributed by atoms with Crippen molar-refractivity contribution in [3.63, 3.8) is 0 Å². The van der Waals surface area contributed by atoms with Gasteiger partial charge in [-0.05, 0) is 60.2 Å². The Balaban J connectivity index is 1.70. The maximum absolute atomic E-state index is 13.7. The summed E-state index contributed by atoms with van der Waals surface area (Å²) < 4.78 is 33.4. The Kier molecular flexibility index (Phi) is 9.02. The largest absolute Gasteiger partial charge is 0.497 e. The maximum atomic E-state index is 13.7. The SMILES string of the molecule is C=CCN(CC=C)S(=O)(=O)c1ccc(C(=O)N(/N=C/c2ccc([N+](=O)[O-])cc2)c2nc3ccc(OC)cc3s2)cc1. The minimum absolute atomic E-state index is 0.00534. The van der Waals surface area contributed by atoms with Crippen LogP contribution >= 0.6 is 11.3 Å². The summed E-state index contributed by atoms with van der Waals surface area (Å²) in [6.45, 7) is 7.41. The highest BCUT2D eigenvalue weighted by molar-refractivity contribution is 7.89. The number of hydrogen-bond donors (Lipinski definition) is 0. The van der Waals surface area contributed by atoms with Crippen molar-refractivity contribution < 1.29 is 22.9 Å². The lowest BCUT2D eigenvalue weighted by molar-refractivity contribution is -0.384. The number of thiazole rings is 1. The Bertz CT molecular complexity index is 1720. The first-order valence-electron chi connectivity index (χ1n) is 12.1. The molecule has 1 amide bonds. The Morgan fingerprint density at radius 3 is 2.32 bits per heavy atom. The highest BCUT2D eigenvalue weighted by Crippen LogP contribution is 2.32. The van der Waals surface area contributed by atoms with Crippen LogP contribution in [0.15, 0.2) is 102 Å². The molecule has 4 aromatic rings. The molecule has 0 aliphatic heterocycles. The molecule has 1 heterocycles. The number of hydrazone groups is 1. The number of nitro groups is 1. The summed E-state index contributed by atoms with van der Waals surface area (Å²) >= 11 is 1.21. The number of sulfonamides is 1. The van der Waals surface area contributed by atoms with Gasteiger partial charge < -0.3 is 4.74 Å². The molecular formula is C28H25N5O6S2. The standard InChI is InChI=1S/C28H25N5O6S2/c1-4-16-31(17-5-2)41(37,38)24-13-8-21(9-14-24)27(34)32(29-19-20-6-10-22(11-7-20)33(35)36)28-30-25-15-12-23(39-3)18-26(25)40-28/h4-15,18-19H,1-2,16-17H2,3H3/b29-19+. The third-order valence-electron chi connectivity index (χ3n) is 5.79. The average Bonchev–Trinajstić information content (AvgIpc) is 3.40. The van der Waals surface area contributed by atoms with Crippen LogP contribution in [-0.4, -0.2) is 55.0 Å². The molecular weight excluding hydrogens is 566 g/mol. The summed E-state index contributed by atoms with van der Waals surface area (Å²) in [5, 5.41) is 16.7. The zero-order valence-electron chi connectivity index (χ0n) is 21.9. The number of carbonyl (C=O) groups is 1. The van der Waals surface area contributed by atoms with Crippen molar-refractivity contribution in [3.8, 4) is 5.75 Å². The molecule has 0 radical (unpaired) electrons. The molecule has 0 bridgehead atoms. The average molecular weight is 592 g/mol. The van der Waals surface area contributed by atoms with E-state index in [1.54, 1.807) is 25.3 Å². The van der Waals surface area contributed by atoms with E-state index >= 15 is 0 Å². The predicted molar refractivity (Wildman–Crippen MR) is 159 cm³/mol. The number of carbonyl (C=O) groups excluding carboxylic acids is 1. The normalized spacial score (nSPS) is 11.6. The van der Waals surface area contributed by atoms with Gasteiger partial charge in [0, 0.05) is 30.8 Å². The third kappa shape index (κ3) is 6.54. The number of non-ortho nitro benzene ring substituents is 1. The lowest BCUT2D eigenvalue weighted by atomic mass is 10.2. The Morgan fingerprint density at radius 1 is 1.07 bits per heavy atom. The van der Waals surface area contributed by atoms with Gasteiger partial charge in [-0.25, -0.2) is 13.4 Å². The van der Waals surface area contributed by atoms with Crippen LogP contribution in [0.4, 0.5) is 10.8 Å². The molecule has 3 aromatic carbocycles. The highest BCUT2D eigenvalue weighted by Gasteiger charge is 2.25. The molecule has 13 heteroatoms. The predicted octanol–water partition coefficient (Wildman–Crippen LogP) is 5.26. The lowest BCUT2D eigenvalue weighted by Gasteiger charge is -2.19. The Labute approximate surface area is 240 Å². The minimum Gasteiger partial charge on any atom is -0.497 e. The van der Waals surface area contributed by atoms with Crippen LogP contribution in [0.2, 0.25) is 0 Å². The van der Waals surface area contributed by atoms with Gasteiger partial charge in [0.15, 0.2) is 0 Å². The number of rotatable bonds is 12. The van der Waals surface area contributed by atoms with E-state index in [0.29, 0.717) is 16.8 Å². The zero-order chi connectivity index (χ0) is 29.6. The van der Waals surface area contributed by atoms with Crippen molar-refractivity contribution in [2.45, 2.75) is 4.90 Å². The van der Waals surface area contributed by atoms with Crippen LogP contribution in [0.25, 0.3) is 10.2 Å². The quantitative estimate of drug-likeness (QED) is 0.0949. The number of methoxy groups -OCH3 is 1. The molecule has 0 spiro atoms. The second-order valence-electron chi connectivity index (χ2n) is 8.46. The number of fused-ring (bicyclic) bond motifs is 1. The summed E-state index contributed by atoms with van der Waals surface area (Å²) in [4.78, 5) is 28.7. The molecule has 0 N–H and O–H groups in total. The Hall–Kier alpha value is -4.72. The van der Waals surface area contributed by atoms with Crippen LogP contribution in [0.3, 0.4) is 0 Å². The first-order chi connectivity index (χ1) is 19.7. The first kappa shape index (κ1) is 29.3. The van der Waals surface area contributed by atoms with Gasteiger partial charge in [0.05, 0.1) is 33.4 Å². The van der Waals surface area contributed by atoms with Gasteiger partial charge in [-0.1, -0.05) is 23.5 Å². The number of nitro benzene ring substituents is 1. The third-order valence-corrected chi connectivity index (χ3v) is 8.63. The van der Waals surface area contributed by atoms with Crippen molar-refractivity contribution >= 4 is 54.5 Å². The van der Waals surface area contributed by atoms with Gasteiger partial charge in [0.25, 0.3) is 11.6 Å². The Morgan fingerprint density at radius 2 is 1.73 bits per heavy atom. The maximum Gasteiger partial charge on any atom is 0.280 e. The number of hydrogen-bond acceptors (Lipinski definition) is 9. The van der Waals surface area contributed by atoms with E-state index in [2.05, 4.69) is 23.2 Å². The molecule has 11 nitrogen and oxygen atoms in total. The molecule has 1 aromatic heterocycles. The summed E-state index contributed by atoms with van der Waals surface area (Å²) in [6, 6.07) is 16.5. The number of aromatic nitrogens is 1. The molecule has 0 aliphatic rings. The van der Waals surface area contributed by atoms with Gasteiger partial charge in [0.1, 0.15) is 5.75 Å². The van der Waals surface area contributed by atoms with E-state index in [9.17, 15) is 23.3 Å². The minimum atomic E-state index is -3.85. The topological polar surface area (TPSA) is 135 Å². The van der Waals surface area contributed by atoms with Crippen molar-refractivity contribution in [3.05, 3.63) is 113 Å². The smallest absolute Gasteiger partial charge is 0.280 e. The molecule has 41 heavy (non-hydrogen) atoms. The number of amides is 1. The van der Waals surface area contributed by atoms with E-state index < -0.39 is 20.9 Å². The lowest BCUT2D eigenvalue weighted by Crippen LogP contribution is -2.31. The van der Waals surface area contributed by atoms with Crippen molar-refractivity contribution in [1.29, 1.82) is 0 Å². The van der Waals surface area contributed by atoms with Crippen LogP contribution < -0.4 is 9.75 Å². The van der Waals surface area contributed by atoms with E-state index in [1.165, 1.54) is 82.5 Å². The zero-order valence-corrected chi connectivity index (χ0v) is 23.5. The van der Waals surface area contributed by atoms with Gasteiger partial charge in [-0.15, -0.1) is 13.2 Å². The second-order valence-corrected chi connectivity index (χ2v) is 11.4. The van der Waals surface area contributed by atoms with Crippen molar-refractivity contribution in [1.82, 2.24) is 9.29 Å². The van der Waals surface area contributed by atoms with Crippen LogP contribution in [0.5, 0.6) is 5.75 Å². The van der Waals surface area contributed by atoms with Gasteiger partial charge >= 0.3 is 0 Å². The molecule has 0 saturated heterocycles. The van der Waals surface area contributed by atoms with E-state index in [4.69, 9.17) is 4.74 Å². The molecule has 0 fully saturated rings. The van der Waals surface area contributed by atoms with Gasteiger partial charge in [-0.2, -0.15) is 14.4 Å². The molecule has 0 unspecified atom stereocenters. The van der Waals surface area contributed by atoms with E-state index in [-0.39, 0.29) is 34.4 Å². The van der Waals surface area contributed by atoms with Crippen molar-refractivity contribution in [2.75, 3.05) is 25.2 Å². The number of nitrogens with zero attached hydrogens (tertiary/aromatic N) is 5. The summed E-state index contributed by atoms with van der Waals surface area (Å²) in [5.41, 5.74) is 1.23. The van der Waals surface area contributed by atoms with E-state index in [0.717, 1.165) is 9.71 Å². The monoisotopic (exact) mass is 591 g/mol. The fourth-order valence-corrected chi connectivity index (χ4v) is 6.04. The van der Waals surface area contributed by atoms with Gasteiger partial charge in [-0.3, -0.25) is 14.9 Å². The second kappa shape index (κ2) is 12.6. The molecule has 0 aliphatic carbocycles. The van der Waals surface area contributed by atoms with Crippen LogP contribution in [-0.2, 0) is 10.0 Å². The molecule has 4 rings (SSSR count). The number of benzene rings is 3. The fourth-order valence-electron chi connectivity index (χ4n) is 3.71. The fraction of sp³-hybridized carbons (Fsp3) is 0.107. The summed E-state index contributed by atoms with van der Waals surface area (Å²) in [6.07, 6.45) is 4.34. The molecule has 0 atom stereocenters. The van der Waals surface area contributed by atoms with E-state index in [1.807, 2.05) is 0 Å². The van der Waals surface area contributed by atoms with Crippen LogP contribution in [0, 0.1) is 10.1 Å². The molecule has 0 saturated carbocycles. The van der Waals surface area contributed by atoms with Gasteiger partial charge in [0.2, 0.25) is 15.2 Å². The van der Waals surface area contributed by atoms with Crippen molar-refractivity contribution in [2.24, 2.45) is 5.10 Å². The van der Waals surface area contributed by atoms with Crippen LogP contribution in [0.1, 0.15) is 15.9 Å². The summed E-state index contributed by atoms with van der Waals surface area (Å²) in [5.74, 6) is 0.0610.